The van der Waals surface area contributed by atoms with Gasteiger partial charge in [-0.25, -0.2) is 13.1 Å². The van der Waals surface area contributed by atoms with Crippen LogP contribution in [0.5, 0.6) is 0 Å². The molecule has 1 aromatic carbocycles. The maximum atomic E-state index is 11.8. The van der Waals surface area contributed by atoms with Crippen LogP contribution in [0, 0.1) is 0 Å². The second kappa shape index (κ2) is 6.74. The number of nitrogens with zero attached hydrogens (tertiary/aromatic N) is 2. The molecule has 1 aliphatic heterocycles. The first-order valence-corrected chi connectivity index (χ1v) is 9.68. The molecule has 1 saturated heterocycles. The van der Waals surface area contributed by atoms with Crippen molar-refractivity contribution in [2.75, 3.05) is 44.2 Å². The highest BCUT2D eigenvalue weighted by atomic mass is 35.5. The smallest absolute Gasteiger partial charge is 0.214 e. The summed E-state index contributed by atoms with van der Waals surface area (Å²) in [7, 11) is -3.05. The molecule has 1 N–H and O–H groups in total. The molecule has 7 heteroatoms. The van der Waals surface area contributed by atoms with Crippen molar-refractivity contribution in [2.45, 2.75) is 18.1 Å². The summed E-state index contributed by atoms with van der Waals surface area (Å²) in [5.74, 6) is 0. The average molecular weight is 344 g/mol. The maximum absolute atomic E-state index is 11.8. The molecule has 0 atom stereocenters. The Morgan fingerprint density at radius 2 is 1.73 bits per heavy atom. The van der Waals surface area contributed by atoms with Gasteiger partial charge >= 0.3 is 0 Å². The van der Waals surface area contributed by atoms with Crippen LogP contribution in [0.15, 0.2) is 24.3 Å². The van der Waals surface area contributed by atoms with E-state index >= 15 is 0 Å². The minimum Gasteiger partial charge on any atom is -0.369 e. The van der Waals surface area contributed by atoms with E-state index in [0.29, 0.717) is 6.54 Å². The van der Waals surface area contributed by atoms with Crippen LogP contribution in [0.4, 0.5) is 5.69 Å². The van der Waals surface area contributed by atoms with Gasteiger partial charge in [-0.15, -0.1) is 0 Å². The van der Waals surface area contributed by atoms with Gasteiger partial charge in [-0.1, -0.05) is 11.6 Å². The molecule has 0 radical (unpaired) electrons. The topological polar surface area (TPSA) is 52.7 Å². The fourth-order valence-corrected chi connectivity index (χ4v) is 4.22. The van der Waals surface area contributed by atoms with E-state index in [0.717, 1.165) is 50.6 Å². The Balaban J connectivity index is 1.41. The molecule has 1 heterocycles. The molecule has 5 nitrogen and oxygen atoms in total. The van der Waals surface area contributed by atoms with Crippen LogP contribution in [0.3, 0.4) is 0 Å². The van der Waals surface area contributed by atoms with E-state index in [-0.39, 0.29) is 5.25 Å². The van der Waals surface area contributed by atoms with Gasteiger partial charge in [-0.2, -0.15) is 0 Å². The normalized spacial score (nSPS) is 20.3. The minimum absolute atomic E-state index is 0.130. The van der Waals surface area contributed by atoms with Gasteiger partial charge in [-0.3, -0.25) is 4.90 Å². The Hall–Kier alpha value is -0.820. The zero-order chi connectivity index (χ0) is 15.6. The summed E-state index contributed by atoms with van der Waals surface area (Å²) >= 11 is 5.91. The standard InChI is InChI=1S/C15H22ClN3O2S/c16-13-1-3-14(4-2-13)19-11-9-18(10-12-19)8-7-17-22(20,21)15-5-6-15/h1-4,15,17H,5-12H2. The predicted molar refractivity (Wildman–Crippen MR) is 90.0 cm³/mol. The lowest BCUT2D eigenvalue weighted by atomic mass is 10.2. The van der Waals surface area contributed by atoms with Gasteiger partial charge in [0.1, 0.15) is 0 Å². The molecule has 0 amide bonds. The summed E-state index contributed by atoms with van der Waals surface area (Å²) in [6.07, 6.45) is 1.63. The Labute approximate surface area is 137 Å². The van der Waals surface area contributed by atoms with E-state index in [1.165, 1.54) is 5.69 Å². The Bertz CT molecular complexity index is 594. The highest BCUT2D eigenvalue weighted by Crippen LogP contribution is 2.27. The lowest BCUT2D eigenvalue weighted by Crippen LogP contribution is -2.48. The predicted octanol–water partition coefficient (Wildman–Crippen LogP) is 1.54. The van der Waals surface area contributed by atoms with Crippen molar-refractivity contribution in [3.8, 4) is 0 Å². The Morgan fingerprint density at radius 1 is 1.09 bits per heavy atom. The summed E-state index contributed by atoms with van der Waals surface area (Å²) in [6, 6.07) is 7.91. The van der Waals surface area contributed by atoms with Gasteiger partial charge < -0.3 is 4.90 Å². The number of halogens is 1. The fraction of sp³-hybridized carbons (Fsp3) is 0.600. The van der Waals surface area contributed by atoms with Crippen molar-refractivity contribution in [3.63, 3.8) is 0 Å². The number of piperazine rings is 1. The maximum Gasteiger partial charge on any atom is 0.214 e. The SMILES string of the molecule is O=S(=O)(NCCN1CCN(c2ccc(Cl)cc2)CC1)C1CC1. The second-order valence-corrected chi connectivity index (χ2v) is 8.43. The summed E-state index contributed by atoms with van der Waals surface area (Å²) in [5.41, 5.74) is 1.19. The van der Waals surface area contributed by atoms with Crippen LogP contribution in [-0.4, -0.2) is 57.8 Å². The van der Waals surface area contributed by atoms with Gasteiger partial charge in [0.15, 0.2) is 0 Å². The van der Waals surface area contributed by atoms with Gasteiger partial charge in [0, 0.05) is 50.0 Å². The highest BCUT2D eigenvalue weighted by Gasteiger charge is 2.35. The Morgan fingerprint density at radius 3 is 2.32 bits per heavy atom. The third kappa shape index (κ3) is 4.13. The molecular formula is C15H22ClN3O2S. The number of rotatable bonds is 6. The monoisotopic (exact) mass is 343 g/mol. The molecule has 1 saturated carbocycles. The van der Waals surface area contributed by atoms with Crippen molar-refractivity contribution in [1.82, 2.24) is 9.62 Å². The van der Waals surface area contributed by atoms with E-state index in [1.54, 1.807) is 0 Å². The molecule has 1 aliphatic carbocycles. The van der Waals surface area contributed by atoms with Gasteiger partial charge in [0.25, 0.3) is 0 Å². The van der Waals surface area contributed by atoms with E-state index in [9.17, 15) is 8.42 Å². The molecule has 2 fully saturated rings. The summed E-state index contributed by atoms with van der Waals surface area (Å²) in [6.45, 7) is 5.11. The molecule has 2 aliphatic rings. The lowest BCUT2D eigenvalue weighted by molar-refractivity contribution is 0.262. The third-order valence-corrected chi connectivity index (χ3v) is 6.47. The number of hydrogen-bond donors (Lipinski definition) is 1. The van der Waals surface area contributed by atoms with E-state index in [2.05, 4.69) is 14.5 Å². The van der Waals surface area contributed by atoms with Crippen molar-refractivity contribution in [3.05, 3.63) is 29.3 Å². The lowest BCUT2D eigenvalue weighted by Gasteiger charge is -2.36. The third-order valence-electron chi connectivity index (χ3n) is 4.26. The van der Waals surface area contributed by atoms with Crippen LogP contribution in [0.1, 0.15) is 12.8 Å². The first kappa shape index (κ1) is 16.1. The number of hydrogen-bond acceptors (Lipinski definition) is 4. The summed E-state index contributed by atoms with van der Waals surface area (Å²) in [5, 5.41) is 0.625. The van der Waals surface area contributed by atoms with Gasteiger partial charge in [0.05, 0.1) is 5.25 Å². The van der Waals surface area contributed by atoms with Crippen LogP contribution >= 0.6 is 11.6 Å². The molecule has 0 spiro atoms. The molecule has 1 aromatic rings. The van der Waals surface area contributed by atoms with Gasteiger partial charge in [0.2, 0.25) is 10.0 Å². The van der Waals surface area contributed by atoms with Crippen LogP contribution in [0.2, 0.25) is 5.02 Å². The van der Waals surface area contributed by atoms with E-state index in [1.807, 2.05) is 24.3 Å². The van der Waals surface area contributed by atoms with Crippen molar-refractivity contribution >= 4 is 27.3 Å². The zero-order valence-corrected chi connectivity index (χ0v) is 14.1. The molecule has 22 heavy (non-hydrogen) atoms. The molecule has 0 unspecified atom stereocenters. The van der Waals surface area contributed by atoms with Crippen LogP contribution < -0.4 is 9.62 Å². The molecule has 122 valence electrons. The largest absolute Gasteiger partial charge is 0.369 e. The summed E-state index contributed by atoms with van der Waals surface area (Å²) in [4.78, 5) is 4.64. The highest BCUT2D eigenvalue weighted by molar-refractivity contribution is 7.90. The first-order valence-electron chi connectivity index (χ1n) is 7.76. The zero-order valence-electron chi connectivity index (χ0n) is 12.5. The number of sulfonamides is 1. The number of benzene rings is 1. The molecule has 3 rings (SSSR count). The van der Waals surface area contributed by atoms with E-state index < -0.39 is 10.0 Å². The van der Waals surface area contributed by atoms with Crippen LogP contribution in [-0.2, 0) is 10.0 Å². The van der Waals surface area contributed by atoms with Crippen molar-refractivity contribution in [2.24, 2.45) is 0 Å². The van der Waals surface area contributed by atoms with Crippen molar-refractivity contribution < 1.29 is 8.42 Å². The quantitative estimate of drug-likeness (QED) is 0.851. The average Bonchev–Trinajstić information content (AvgIpc) is 3.34. The minimum atomic E-state index is -3.05. The first-order chi connectivity index (χ1) is 10.5. The van der Waals surface area contributed by atoms with Crippen LogP contribution in [0.25, 0.3) is 0 Å². The summed E-state index contributed by atoms with van der Waals surface area (Å²) < 4.78 is 26.2. The molecular weight excluding hydrogens is 322 g/mol. The van der Waals surface area contributed by atoms with Gasteiger partial charge in [-0.05, 0) is 37.1 Å². The molecule has 0 bridgehead atoms. The van der Waals surface area contributed by atoms with E-state index in [4.69, 9.17) is 11.6 Å². The number of anilines is 1. The second-order valence-electron chi connectivity index (χ2n) is 5.94. The number of nitrogens with one attached hydrogen (secondary N) is 1. The molecule has 0 aromatic heterocycles. The Kier molecular flexibility index (Phi) is 4.92. The van der Waals surface area contributed by atoms with Crippen molar-refractivity contribution in [1.29, 1.82) is 0 Å². The fourth-order valence-electron chi connectivity index (χ4n) is 2.72.